The van der Waals surface area contributed by atoms with Crippen LogP contribution in [0.4, 0.5) is 4.79 Å². The Morgan fingerprint density at radius 3 is 1.91 bits per heavy atom. The van der Waals surface area contributed by atoms with E-state index in [-0.39, 0.29) is 11.1 Å². The Hall–Kier alpha value is -0.593. The van der Waals surface area contributed by atoms with Crippen molar-refractivity contribution in [2.75, 3.05) is 40.3 Å². The topological polar surface area (TPSA) is 42.0 Å². The minimum Gasteiger partial charge on any atom is -0.444 e. The zero-order valence-electron chi connectivity index (χ0n) is 16.9. The van der Waals surface area contributed by atoms with Crippen molar-refractivity contribution in [1.82, 2.24) is 9.80 Å². The molecule has 138 valence electrons. The van der Waals surface area contributed by atoms with Gasteiger partial charge >= 0.3 is 6.09 Å². The Kier molecular flexibility index (Phi) is 8.27. The highest BCUT2D eigenvalue weighted by atomic mass is 28.4. The molecule has 0 aliphatic rings. The van der Waals surface area contributed by atoms with E-state index in [4.69, 9.17) is 9.16 Å². The van der Waals surface area contributed by atoms with Gasteiger partial charge in [-0.1, -0.05) is 20.8 Å². The summed E-state index contributed by atoms with van der Waals surface area (Å²) in [5.74, 6) is 0. The summed E-state index contributed by atoms with van der Waals surface area (Å²) >= 11 is 0. The summed E-state index contributed by atoms with van der Waals surface area (Å²) in [5, 5.41) is 0.239. The molecule has 0 aromatic rings. The first-order chi connectivity index (χ1) is 10.2. The molecule has 0 saturated heterocycles. The van der Waals surface area contributed by atoms with E-state index in [0.717, 1.165) is 19.7 Å². The van der Waals surface area contributed by atoms with Gasteiger partial charge in [0.1, 0.15) is 5.60 Å². The molecule has 6 heteroatoms. The molecule has 0 fully saturated rings. The van der Waals surface area contributed by atoms with E-state index in [1.807, 2.05) is 20.8 Å². The van der Waals surface area contributed by atoms with Gasteiger partial charge in [0.05, 0.1) is 0 Å². The molecule has 0 unspecified atom stereocenters. The molecule has 0 N–H and O–H groups in total. The number of nitrogens with zero attached hydrogens (tertiary/aromatic N) is 2. The molecular weight excluding hydrogens is 308 g/mol. The zero-order valence-corrected chi connectivity index (χ0v) is 17.9. The van der Waals surface area contributed by atoms with Crippen LogP contribution in [0.3, 0.4) is 0 Å². The van der Waals surface area contributed by atoms with E-state index in [1.165, 1.54) is 0 Å². The van der Waals surface area contributed by atoms with Gasteiger partial charge in [0.2, 0.25) is 0 Å². The largest absolute Gasteiger partial charge is 0.444 e. The quantitative estimate of drug-likeness (QED) is 0.657. The van der Waals surface area contributed by atoms with Crippen molar-refractivity contribution in [3.05, 3.63) is 0 Å². The first-order valence-corrected chi connectivity index (χ1v) is 11.3. The maximum absolute atomic E-state index is 11.9. The van der Waals surface area contributed by atoms with E-state index < -0.39 is 13.9 Å². The predicted octanol–water partition coefficient (Wildman–Crippen LogP) is 3.81. The van der Waals surface area contributed by atoms with Crippen LogP contribution in [-0.4, -0.2) is 70.1 Å². The van der Waals surface area contributed by atoms with Gasteiger partial charge in [-0.2, -0.15) is 0 Å². The van der Waals surface area contributed by atoms with Crippen LogP contribution in [0.25, 0.3) is 0 Å². The van der Waals surface area contributed by atoms with Crippen LogP contribution in [0.15, 0.2) is 0 Å². The van der Waals surface area contributed by atoms with Gasteiger partial charge < -0.3 is 19.0 Å². The average molecular weight is 347 g/mol. The minimum absolute atomic E-state index is 0.239. The molecule has 1 amide bonds. The van der Waals surface area contributed by atoms with Crippen LogP contribution < -0.4 is 0 Å². The number of hydrogen-bond donors (Lipinski definition) is 0. The zero-order chi connectivity index (χ0) is 18.5. The summed E-state index contributed by atoms with van der Waals surface area (Å²) < 4.78 is 11.5. The lowest BCUT2D eigenvalue weighted by Crippen LogP contribution is -2.43. The van der Waals surface area contributed by atoms with Crippen molar-refractivity contribution in [3.63, 3.8) is 0 Å². The molecule has 0 aromatic carbocycles. The molecule has 0 heterocycles. The standard InChI is InChI=1S/C17H38N2O3Si/c1-16(2,3)22-15(20)19(8)12-11-18(7)13-14-21-23(9,10)17(4,5)6/h11-14H2,1-10H3. The predicted molar refractivity (Wildman–Crippen MR) is 99.5 cm³/mol. The Labute approximate surface area is 144 Å². The second kappa shape index (κ2) is 8.49. The first kappa shape index (κ1) is 22.4. The Balaban J connectivity index is 4.09. The average Bonchev–Trinajstić information content (AvgIpc) is 2.32. The number of hydrogen-bond acceptors (Lipinski definition) is 4. The third kappa shape index (κ3) is 9.32. The molecule has 0 radical (unpaired) electrons. The third-order valence-electron chi connectivity index (χ3n) is 4.26. The summed E-state index contributed by atoms with van der Waals surface area (Å²) in [5.41, 5.74) is -0.450. The van der Waals surface area contributed by atoms with Crippen LogP contribution in [0, 0.1) is 0 Å². The molecule has 0 aromatic heterocycles. The van der Waals surface area contributed by atoms with Crippen molar-refractivity contribution in [1.29, 1.82) is 0 Å². The Morgan fingerprint density at radius 2 is 1.48 bits per heavy atom. The highest BCUT2D eigenvalue weighted by Gasteiger charge is 2.36. The maximum Gasteiger partial charge on any atom is 0.410 e. The molecule has 0 rings (SSSR count). The SMILES string of the molecule is CN(CCO[Si](C)(C)C(C)(C)C)CCN(C)C(=O)OC(C)(C)C. The molecule has 0 saturated carbocycles. The normalized spacial score (nSPS) is 13.3. The highest BCUT2D eigenvalue weighted by Crippen LogP contribution is 2.36. The van der Waals surface area contributed by atoms with E-state index in [0.29, 0.717) is 6.54 Å². The van der Waals surface area contributed by atoms with Gasteiger partial charge in [-0.05, 0) is 46.0 Å². The third-order valence-corrected chi connectivity index (χ3v) is 8.80. The van der Waals surface area contributed by atoms with Crippen molar-refractivity contribution in [3.8, 4) is 0 Å². The molecule has 23 heavy (non-hydrogen) atoms. The summed E-state index contributed by atoms with van der Waals surface area (Å²) in [6, 6.07) is 0. The second-order valence-electron chi connectivity index (χ2n) is 8.81. The first-order valence-electron chi connectivity index (χ1n) is 8.42. The van der Waals surface area contributed by atoms with Crippen molar-refractivity contribution < 1.29 is 14.0 Å². The van der Waals surface area contributed by atoms with Gasteiger partial charge in [-0.3, -0.25) is 0 Å². The fourth-order valence-electron chi connectivity index (χ4n) is 1.54. The van der Waals surface area contributed by atoms with E-state index in [9.17, 15) is 4.79 Å². The second-order valence-corrected chi connectivity index (χ2v) is 13.6. The van der Waals surface area contributed by atoms with Crippen molar-refractivity contribution >= 4 is 14.4 Å². The summed E-state index contributed by atoms with van der Waals surface area (Å²) in [4.78, 5) is 15.7. The van der Waals surface area contributed by atoms with Crippen LogP contribution in [0.2, 0.25) is 18.1 Å². The van der Waals surface area contributed by atoms with Crippen LogP contribution in [-0.2, 0) is 9.16 Å². The molecule has 0 atom stereocenters. The van der Waals surface area contributed by atoms with Crippen LogP contribution >= 0.6 is 0 Å². The summed E-state index contributed by atoms with van der Waals surface area (Å²) in [6.45, 7) is 20.0. The molecule has 0 spiro atoms. The number of carbonyl (C=O) groups is 1. The molecule has 5 nitrogen and oxygen atoms in total. The van der Waals surface area contributed by atoms with Gasteiger partial charge in [0, 0.05) is 33.3 Å². The van der Waals surface area contributed by atoms with Gasteiger partial charge in [-0.15, -0.1) is 0 Å². The number of carbonyl (C=O) groups excluding carboxylic acids is 1. The van der Waals surface area contributed by atoms with Crippen LogP contribution in [0.1, 0.15) is 41.5 Å². The molecular formula is C17H38N2O3Si. The smallest absolute Gasteiger partial charge is 0.410 e. The van der Waals surface area contributed by atoms with E-state index in [1.54, 1.807) is 11.9 Å². The van der Waals surface area contributed by atoms with Crippen LogP contribution in [0.5, 0.6) is 0 Å². The van der Waals surface area contributed by atoms with Gasteiger partial charge in [0.25, 0.3) is 0 Å². The summed E-state index contributed by atoms with van der Waals surface area (Å²) in [6.07, 6.45) is -0.275. The molecule has 0 bridgehead atoms. The molecule has 0 aliphatic carbocycles. The lowest BCUT2D eigenvalue weighted by Gasteiger charge is -2.36. The Morgan fingerprint density at radius 1 is 0.957 bits per heavy atom. The van der Waals surface area contributed by atoms with E-state index >= 15 is 0 Å². The number of ether oxygens (including phenoxy) is 1. The minimum atomic E-state index is -1.67. The van der Waals surface area contributed by atoms with Gasteiger partial charge in [-0.25, -0.2) is 4.79 Å². The van der Waals surface area contributed by atoms with Gasteiger partial charge in [0.15, 0.2) is 8.32 Å². The number of amides is 1. The Bertz CT molecular complexity index is 373. The fraction of sp³-hybridized carbons (Fsp3) is 0.941. The fourth-order valence-corrected chi connectivity index (χ4v) is 2.57. The maximum atomic E-state index is 11.9. The van der Waals surface area contributed by atoms with E-state index in [2.05, 4.69) is 45.8 Å². The van der Waals surface area contributed by atoms with Crippen molar-refractivity contribution in [2.45, 2.75) is 65.3 Å². The number of likely N-dealkylation sites (N-methyl/N-ethyl adjacent to an activating group) is 2. The monoisotopic (exact) mass is 346 g/mol. The highest BCUT2D eigenvalue weighted by molar-refractivity contribution is 6.74. The molecule has 0 aliphatic heterocycles. The lowest BCUT2D eigenvalue weighted by molar-refractivity contribution is 0.0286. The number of rotatable bonds is 7. The van der Waals surface area contributed by atoms with Crippen molar-refractivity contribution in [2.24, 2.45) is 0 Å². The summed E-state index contributed by atoms with van der Waals surface area (Å²) in [7, 11) is 2.15. The lowest BCUT2D eigenvalue weighted by atomic mass is 10.2.